The van der Waals surface area contributed by atoms with E-state index >= 15 is 0 Å². The van der Waals surface area contributed by atoms with Crippen molar-refractivity contribution >= 4 is 11.8 Å². The molecule has 6 nitrogen and oxygen atoms in total. The van der Waals surface area contributed by atoms with Gasteiger partial charge in [-0.1, -0.05) is 6.07 Å². The smallest absolute Gasteiger partial charge is 0.257 e. The van der Waals surface area contributed by atoms with E-state index in [2.05, 4.69) is 9.97 Å². The Kier molecular flexibility index (Phi) is 3.91. The van der Waals surface area contributed by atoms with Crippen molar-refractivity contribution in [2.24, 2.45) is 0 Å². The van der Waals surface area contributed by atoms with Gasteiger partial charge in [-0.3, -0.25) is 19.6 Å². The van der Waals surface area contributed by atoms with Crippen LogP contribution >= 0.6 is 0 Å². The summed E-state index contributed by atoms with van der Waals surface area (Å²) >= 11 is 0. The van der Waals surface area contributed by atoms with E-state index in [1.54, 1.807) is 64.8 Å². The highest BCUT2D eigenvalue weighted by Gasteiger charge is 2.56. The normalized spacial score (nSPS) is 20.4. The number of nitrogens with zero attached hydrogens (tertiary/aromatic N) is 4. The number of hydrogen-bond donors (Lipinski definition) is 0. The molecule has 2 amide bonds. The molecule has 3 aromatic rings. The number of halogens is 1. The maximum Gasteiger partial charge on any atom is 0.257 e. The van der Waals surface area contributed by atoms with E-state index in [-0.39, 0.29) is 18.2 Å². The van der Waals surface area contributed by atoms with E-state index < -0.39 is 11.5 Å². The topological polar surface area (TPSA) is 66.4 Å². The molecule has 5 rings (SSSR count). The predicted octanol–water partition coefficient (Wildman–Crippen LogP) is 2.62. The lowest BCUT2D eigenvalue weighted by Gasteiger charge is -2.47. The minimum atomic E-state index is -1.11. The lowest BCUT2D eigenvalue weighted by molar-refractivity contribution is 0.00706. The number of carbonyl (C=O) groups is 2. The molecule has 1 saturated heterocycles. The minimum Gasteiger partial charge on any atom is -0.309 e. The van der Waals surface area contributed by atoms with E-state index in [4.69, 9.17) is 0 Å². The van der Waals surface area contributed by atoms with Crippen LogP contribution in [0.4, 0.5) is 4.39 Å². The first-order valence-corrected chi connectivity index (χ1v) is 9.35. The third-order valence-electron chi connectivity index (χ3n) is 5.75. The van der Waals surface area contributed by atoms with Crippen LogP contribution in [0.5, 0.6) is 0 Å². The molecule has 2 aliphatic heterocycles. The number of fused-ring (bicyclic) bond motifs is 2. The third kappa shape index (κ3) is 2.47. The van der Waals surface area contributed by atoms with Gasteiger partial charge in [-0.05, 0) is 36.4 Å². The van der Waals surface area contributed by atoms with Crippen molar-refractivity contribution in [2.45, 2.75) is 12.1 Å². The first kappa shape index (κ1) is 17.5. The van der Waals surface area contributed by atoms with Gasteiger partial charge in [-0.15, -0.1) is 0 Å². The number of rotatable bonds is 2. The molecule has 0 radical (unpaired) electrons. The van der Waals surface area contributed by atoms with Crippen molar-refractivity contribution in [3.8, 4) is 0 Å². The maximum atomic E-state index is 14.7. The Labute approximate surface area is 166 Å². The van der Waals surface area contributed by atoms with Crippen LogP contribution in [0, 0.1) is 5.82 Å². The monoisotopic (exact) mass is 388 g/mol. The SMILES string of the molecule is O=C(c1cccnc1)N1CCN2C(=O)c3cccc(F)c3CC12c1ccncc1. The second-order valence-electron chi connectivity index (χ2n) is 7.15. The molecule has 0 N–H and O–H groups in total. The molecule has 2 aromatic heterocycles. The summed E-state index contributed by atoms with van der Waals surface area (Å²) in [6.45, 7) is 0.709. The Morgan fingerprint density at radius 3 is 2.59 bits per heavy atom. The fourth-order valence-corrected chi connectivity index (χ4v) is 4.45. The standard InChI is InChI=1S/C22H17FN4O2/c23-19-5-1-4-17-18(19)13-22(16-6-9-24-10-7-16)26(11-12-27(22)21(17)29)20(28)15-3-2-8-25-14-15/h1-10,14H,11-13H2. The summed E-state index contributed by atoms with van der Waals surface area (Å²) in [5, 5.41) is 0. The van der Waals surface area contributed by atoms with Crippen LogP contribution in [0.2, 0.25) is 0 Å². The number of hydrogen-bond acceptors (Lipinski definition) is 4. The van der Waals surface area contributed by atoms with Crippen LogP contribution in [-0.4, -0.2) is 44.7 Å². The summed E-state index contributed by atoms with van der Waals surface area (Å²) in [5.74, 6) is -0.960. The van der Waals surface area contributed by atoms with Crippen molar-refractivity contribution in [1.82, 2.24) is 19.8 Å². The van der Waals surface area contributed by atoms with Crippen LogP contribution in [0.15, 0.2) is 67.3 Å². The van der Waals surface area contributed by atoms with Gasteiger partial charge < -0.3 is 9.80 Å². The van der Waals surface area contributed by atoms with Gasteiger partial charge >= 0.3 is 0 Å². The van der Waals surface area contributed by atoms with Gasteiger partial charge in [0.15, 0.2) is 0 Å². The predicted molar refractivity (Wildman–Crippen MR) is 102 cm³/mol. The minimum absolute atomic E-state index is 0.177. The Hall–Kier alpha value is -3.61. The van der Waals surface area contributed by atoms with E-state index in [0.717, 1.165) is 5.56 Å². The molecule has 4 heterocycles. The van der Waals surface area contributed by atoms with E-state index in [1.807, 2.05) is 0 Å². The summed E-state index contributed by atoms with van der Waals surface area (Å²) < 4.78 is 14.7. The van der Waals surface area contributed by atoms with Crippen molar-refractivity contribution in [3.05, 3.63) is 95.3 Å². The molecule has 0 aliphatic carbocycles. The van der Waals surface area contributed by atoms with E-state index in [0.29, 0.717) is 29.8 Å². The van der Waals surface area contributed by atoms with Crippen molar-refractivity contribution in [1.29, 1.82) is 0 Å². The number of amides is 2. The zero-order chi connectivity index (χ0) is 20.0. The first-order chi connectivity index (χ1) is 14.1. The lowest BCUT2D eigenvalue weighted by atomic mass is 9.83. The second kappa shape index (κ2) is 6.48. The second-order valence-corrected chi connectivity index (χ2v) is 7.15. The summed E-state index contributed by atoms with van der Waals surface area (Å²) in [5.41, 5.74) is 0.725. The Morgan fingerprint density at radius 1 is 1.00 bits per heavy atom. The average molecular weight is 388 g/mol. The van der Waals surface area contributed by atoms with Gasteiger partial charge in [0.05, 0.1) is 5.56 Å². The molecule has 0 bridgehead atoms. The van der Waals surface area contributed by atoms with Gasteiger partial charge in [0, 0.05) is 61.0 Å². The average Bonchev–Trinajstić information content (AvgIpc) is 3.16. The van der Waals surface area contributed by atoms with Gasteiger partial charge in [-0.2, -0.15) is 0 Å². The van der Waals surface area contributed by atoms with Crippen molar-refractivity contribution < 1.29 is 14.0 Å². The van der Waals surface area contributed by atoms with Crippen LogP contribution in [0.3, 0.4) is 0 Å². The molecule has 1 atom stereocenters. The van der Waals surface area contributed by atoms with Gasteiger partial charge in [0.2, 0.25) is 0 Å². The van der Waals surface area contributed by atoms with E-state index in [1.165, 1.54) is 12.3 Å². The van der Waals surface area contributed by atoms with Gasteiger partial charge in [-0.25, -0.2) is 4.39 Å². The summed E-state index contributed by atoms with van der Waals surface area (Å²) in [7, 11) is 0. The Bertz CT molecular complexity index is 1110. The molecule has 144 valence electrons. The third-order valence-corrected chi connectivity index (χ3v) is 5.75. The van der Waals surface area contributed by atoms with Crippen LogP contribution < -0.4 is 0 Å². The number of pyridine rings is 2. The highest BCUT2D eigenvalue weighted by molar-refractivity contribution is 6.00. The summed E-state index contributed by atoms with van der Waals surface area (Å²) in [4.78, 5) is 38.2. The largest absolute Gasteiger partial charge is 0.309 e. The summed E-state index contributed by atoms with van der Waals surface area (Å²) in [6.07, 6.45) is 6.52. The van der Waals surface area contributed by atoms with E-state index in [9.17, 15) is 14.0 Å². The Morgan fingerprint density at radius 2 is 1.83 bits per heavy atom. The molecule has 1 unspecified atom stereocenters. The highest BCUT2D eigenvalue weighted by Crippen LogP contribution is 2.45. The molecule has 7 heteroatoms. The molecule has 0 saturated carbocycles. The lowest BCUT2D eigenvalue weighted by Crippen LogP contribution is -2.58. The number of benzene rings is 1. The fourth-order valence-electron chi connectivity index (χ4n) is 4.45. The van der Waals surface area contributed by atoms with Crippen LogP contribution in [-0.2, 0) is 12.1 Å². The molecule has 2 aliphatic rings. The zero-order valence-electron chi connectivity index (χ0n) is 15.5. The quantitative estimate of drug-likeness (QED) is 0.677. The van der Waals surface area contributed by atoms with Crippen LogP contribution in [0.25, 0.3) is 0 Å². The van der Waals surface area contributed by atoms with Gasteiger partial charge in [0.25, 0.3) is 11.8 Å². The summed E-state index contributed by atoms with van der Waals surface area (Å²) in [6, 6.07) is 11.5. The van der Waals surface area contributed by atoms with Gasteiger partial charge in [0.1, 0.15) is 11.5 Å². The van der Waals surface area contributed by atoms with Crippen LogP contribution in [0.1, 0.15) is 31.8 Å². The molecule has 1 fully saturated rings. The van der Waals surface area contributed by atoms with Crippen molar-refractivity contribution in [3.63, 3.8) is 0 Å². The maximum absolute atomic E-state index is 14.7. The first-order valence-electron chi connectivity index (χ1n) is 9.35. The number of aromatic nitrogens is 2. The molecular weight excluding hydrogens is 371 g/mol. The van der Waals surface area contributed by atoms with Crippen molar-refractivity contribution in [2.75, 3.05) is 13.1 Å². The molecule has 0 spiro atoms. The molecule has 29 heavy (non-hydrogen) atoms. The zero-order valence-corrected chi connectivity index (χ0v) is 15.5. The highest BCUT2D eigenvalue weighted by atomic mass is 19.1. The molecule has 1 aromatic carbocycles. The fraction of sp³-hybridized carbons (Fsp3) is 0.182. The molecular formula is C22H17FN4O2. The Balaban J connectivity index is 1.72. The number of carbonyl (C=O) groups excluding carboxylic acids is 2.